The number of nitrogens with zero attached hydrogens (tertiary/aromatic N) is 1. The summed E-state index contributed by atoms with van der Waals surface area (Å²) in [6.07, 6.45) is 8.03. The van der Waals surface area contributed by atoms with Gasteiger partial charge in [0.2, 0.25) is 0 Å². The van der Waals surface area contributed by atoms with E-state index in [2.05, 4.69) is 10.5 Å². The first-order valence-corrected chi connectivity index (χ1v) is 6.04. The summed E-state index contributed by atoms with van der Waals surface area (Å²) in [5.74, 6) is 2.06. The highest BCUT2D eigenvalue weighted by molar-refractivity contribution is 5.84. The van der Waals surface area contributed by atoms with E-state index in [0.717, 1.165) is 5.84 Å². The van der Waals surface area contributed by atoms with E-state index in [0.29, 0.717) is 25.1 Å². The first kappa shape index (κ1) is 10.9. The van der Waals surface area contributed by atoms with Gasteiger partial charge in [0.05, 0.1) is 0 Å². The second-order valence-corrected chi connectivity index (χ2v) is 4.51. The zero-order chi connectivity index (χ0) is 10.5. The molecule has 1 saturated carbocycles. The molecule has 2 aliphatic rings. The van der Waals surface area contributed by atoms with Crippen LogP contribution >= 0.6 is 0 Å². The van der Waals surface area contributed by atoms with Crippen molar-refractivity contribution in [2.75, 3.05) is 13.3 Å². The topological polar surface area (TPSA) is 59.6 Å². The Morgan fingerprint density at radius 1 is 1.33 bits per heavy atom. The highest BCUT2D eigenvalue weighted by atomic mass is 16.7. The van der Waals surface area contributed by atoms with Crippen LogP contribution in [0.3, 0.4) is 0 Å². The molecule has 1 unspecified atom stereocenters. The Morgan fingerprint density at radius 3 is 2.60 bits per heavy atom. The molecule has 2 rings (SSSR count). The Bertz CT molecular complexity index is 222. The maximum Gasteiger partial charge on any atom is 0.166 e. The van der Waals surface area contributed by atoms with Crippen LogP contribution in [0.25, 0.3) is 0 Å². The van der Waals surface area contributed by atoms with Gasteiger partial charge in [0, 0.05) is 12.5 Å². The average Bonchev–Trinajstić information content (AvgIpc) is 2.63. The van der Waals surface area contributed by atoms with Gasteiger partial charge in [-0.05, 0) is 18.8 Å². The van der Waals surface area contributed by atoms with Crippen LogP contribution in [0.1, 0.15) is 38.5 Å². The molecule has 0 saturated heterocycles. The first-order valence-electron chi connectivity index (χ1n) is 6.04. The number of nitrogens with one attached hydrogen (secondary N) is 1. The molecule has 4 heteroatoms. The van der Waals surface area contributed by atoms with E-state index in [9.17, 15) is 0 Å². The van der Waals surface area contributed by atoms with Crippen molar-refractivity contribution in [2.45, 2.75) is 38.5 Å². The van der Waals surface area contributed by atoms with Crippen LogP contribution < -0.4 is 11.2 Å². The molecule has 1 atom stereocenters. The van der Waals surface area contributed by atoms with Crippen molar-refractivity contribution in [3.05, 3.63) is 0 Å². The summed E-state index contributed by atoms with van der Waals surface area (Å²) in [7, 11) is 0. The van der Waals surface area contributed by atoms with E-state index in [4.69, 9.17) is 10.6 Å². The lowest BCUT2D eigenvalue weighted by Crippen LogP contribution is -2.36. The van der Waals surface area contributed by atoms with Crippen molar-refractivity contribution < 1.29 is 4.84 Å². The van der Waals surface area contributed by atoms with Crippen LogP contribution in [0.4, 0.5) is 0 Å². The molecule has 0 bridgehead atoms. The Hall–Kier alpha value is -0.610. The fourth-order valence-corrected chi connectivity index (χ4v) is 2.67. The molecule has 1 aliphatic heterocycles. The van der Waals surface area contributed by atoms with Gasteiger partial charge in [0.15, 0.2) is 6.73 Å². The number of hydrogen-bond donors (Lipinski definition) is 2. The van der Waals surface area contributed by atoms with Gasteiger partial charge in [-0.3, -0.25) is 10.3 Å². The van der Waals surface area contributed by atoms with E-state index in [-0.39, 0.29) is 0 Å². The third-order valence-corrected chi connectivity index (χ3v) is 3.55. The van der Waals surface area contributed by atoms with Crippen molar-refractivity contribution in [1.82, 2.24) is 5.48 Å². The number of hydrogen-bond acceptors (Lipinski definition) is 4. The third kappa shape index (κ3) is 2.69. The zero-order valence-corrected chi connectivity index (χ0v) is 9.24. The molecule has 1 heterocycles. The van der Waals surface area contributed by atoms with Crippen molar-refractivity contribution >= 4 is 5.84 Å². The van der Waals surface area contributed by atoms with E-state index < -0.39 is 0 Å². The molecule has 0 aromatic carbocycles. The number of aliphatic imine (C=N–C) groups is 1. The van der Waals surface area contributed by atoms with Gasteiger partial charge in [0.1, 0.15) is 5.84 Å². The zero-order valence-electron chi connectivity index (χ0n) is 9.24. The minimum atomic E-state index is 0.380. The summed E-state index contributed by atoms with van der Waals surface area (Å²) >= 11 is 0. The summed E-state index contributed by atoms with van der Waals surface area (Å²) in [5, 5.41) is 0. The first-order chi connectivity index (χ1) is 7.42. The predicted molar refractivity (Wildman–Crippen MR) is 60.3 cm³/mol. The lowest BCUT2D eigenvalue weighted by Gasteiger charge is -2.24. The maximum atomic E-state index is 5.86. The summed E-state index contributed by atoms with van der Waals surface area (Å²) < 4.78 is 0. The Balaban J connectivity index is 1.97. The largest absolute Gasteiger partial charge is 0.330 e. The van der Waals surface area contributed by atoms with Gasteiger partial charge in [-0.15, -0.1) is 0 Å². The van der Waals surface area contributed by atoms with Crippen LogP contribution in [0.15, 0.2) is 4.99 Å². The molecule has 0 aromatic heterocycles. The molecule has 0 radical (unpaired) electrons. The number of rotatable bonds is 3. The molecule has 3 N–H and O–H groups in total. The lowest BCUT2D eigenvalue weighted by molar-refractivity contribution is 0.111. The van der Waals surface area contributed by atoms with Gasteiger partial charge < -0.3 is 5.73 Å². The second-order valence-electron chi connectivity index (χ2n) is 4.51. The van der Waals surface area contributed by atoms with Crippen molar-refractivity contribution in [1.29, 1.82) is 0 Å². The van der Waals surface area contributed by atoms with Gasteiger partial charge >= 0.3 is 0 Å². The van der Waals surface area contributed by atoms with E-state index in [1.165, 1.54) is 38.5 Å². The van der Waals surface area contributed by atoms with Gasteiger partial charge in [-0.1, -0.05) is 25.7 Å². The maximum absolute atomic E-state index is 5.86. The standard InChI is InChI=1S/C11H21N3O/c12-7-10(11-13-8-15-14-11)9-5-3-1-2-4-6-9/h9-10H,1-8,12H2,(H,13,14). The van der Waals surface area contributed by atoms with Gasteiger partial charge in [0.25, 0.3) is 0 Å². The Kier molecular flexibility index (Phi) is 3.97. The number of nitrogens with two attached hydrogens (primary N) is 1. The van der Waals surface area contributed by atoms with Crippen molar-refractivity contribution in [3.8, 4) is 0 Å². The van der Waals surface area contributed by atoms with Crippen LogP contribution in [-0.2, 0) is 4.84 Å². The molecule has 1 fully saturated rings. The van der Waals surface area contributed by atoms with Crippen molar-refractivity contribution in [2.24, 2.45) is 22.6 Å². The number of amidine groups is 1. The highest BCUT2D eigenvalue weighted by Gasteiger charge is 2.27. The Morgan fingerprint density at radius 2 is 2.07 bits per heavy atom. The smallest absolute Gasteiger partial charge is 0.166 e. The summed E-state index contributed by atoms with van der Waals surface area (Å²) in [4.78, 5) is 9.37. The number of hydroxylamine groups is 1. The normalized spacial score (nSPS) is 25.5. The average molecular weight is 211 g/mol. The molecule has 0 amide bonds. The summed E-state index contributed by atoms with van der Waals surface area (Å²) in [6, 6.07) is 0. The van der Waals surface area contributed by atoms with E-state index >= 15 is 0 Å². The Labute approximate surface area is 91.2 Å². The monoisotopic (exact) mass is 211 g/mol. The second kappa shape index (κ2) is 5.47. The molecule has 0 aromatic rings. The molecule has 4 nitrogen and oxygen atoms in total. The van der Waals surface area contributed by atoms with Crippen LogP contribution in [-0.4, -0.2) is 19.1 Å². The fourth-order valence-electron chi connectivity index (χ4n) is 2.67. The van der Waals surface area contributed by atoms with E-state index in [1.54, 1.807) is 0 Å². The fraction of sp³-hybridized carbons (Fsp3) is 0.909. The molecule has 15 heavy (non-hydrogen) atoms. The van der Waals surface area contributed by atoms with Crippen molar-refractivity contribution in [3.63, 3.8) is 0 Å². The molecular weight excluding hydrogens is 190 g/mol. The lowest BCUT2D eigenvalue weighted by atomic mass is 9.85. The third-order valence-electron chi connectivity index (χ3n) is 3.55. The quantitative estimate of drug-likeness (QED) is 0.694. The molecular formula is C11H21N3O. The highest BCUT2D eigenvalue weighted by Crippen LogP contribution is 2.29. The van der Waals surface area contributed by atoms with E-state index in [1.807, 2.05) is 0 Å². The predicted octanol–water partition coefficient (Wildman–Crippen LogP) is 1.42. The molecule has 0 spiro atoms. The summed E-state index contributed by atoms with van der Waals surface area (Å²) in [5.41, 5.74) is 8.75. The van der Waals surface area contributed by atoms with Crippen LogP contribution in [0.5, 0.6) is 0 Å². The summed E-state index contributed by atoms with van der Waals surface area (Å²) in [6.45, 7) is 1.12. The van der Waals surface area contributed by atoms with Gasteiger partial charge in [-0.2, -0.15) is 0 Å². The molecule has 86 valence electrons. The minimum absolute atomic E-state index is 0.380. The van der Waals surface area contributed by atoms with Crippen LogP contribution in [0.2, 0.25) is 0 Å². The minimum Gasteiger partial charge on any atom is -0.330 e. The SMILES string of the molecule is NCC(C1=NCON1)C1CCCCCC1. The van der Waals surface area contributed by atoms with Gasteiger partial charge in [-0.25, -0.2) is 4.99 Å². The van der Waals surface area contributed by atoms with Crippen LogP contribution in [0, 0.1) is 11.8 Å². The molecule has 1 aliphatic carbocycles.